The maximum atomic E-state index is 12.4. The summed E-state index contributed by atoms with van der Waals surface area (Å²) < 4.78 is 5.45. The molecule has 0 radical (unpaired) electrons. The highest BCUT2D eigenvalue weighted by Gasteiger charge is 2.23. The lowest BCUT2D eigenvalue weighted by Crippen LogP contribution is -2.27. The molecular weight excluding hydrogens is 264 g/mol. The van der Waals surface area contributed by atoms with Crippen LogP contribution in [0.25, 0.3) is 0 Å². The highest BCUT2D eigenvalue weighted by molar-refractivity contribution is 5.94. The summed E-state index contributed by atoms with van der Waals surface area (Å²) >= 11 is 0. The van der Waals surface area contributed by atoms with Gasteiger partial charge in [0.05, 0.1) is 5.56 Å². The van der Waals surface area contributed by atoms with Crippen LogP contribution in [0.5, 0.6) is 0 Å². The van der Waals surface area contributed by atoms with Gasteiger partial charge in [-0.05, 0) is 76.8 Å². The zero-order valence-electron chi connectivity index (χ0n) is 14.0. The van der Waals surface area contributed by atoms with E-state index in [2.05, 4.69) is 0 Å². The molecule has 1 atom stereocenters. The molecule has 1 aromatic carbocycles. The second-order valence-electron chi connectivity index (χ2n) is 5.83. The van der Waals surface area contributed by atoms with E-state index >= 15 is 0 Å². The molecule has 3 nitrogen and oxygen atoms in total. The maximum absolute atomic E-state index is 12.4. The highest BCUT2D eigenvalue weighted by Crippen LogP contribution is 2.19. The van der Waals surface area contributed by atoms with E-state index in [0.717, 1.165) is 27.8 Å². The number of Topliss-reactive ketones (excluding diaryl/α,β-unsaturated/α-hetero) is 1. The molecule has 0 aromatic heterocycles. The summed E-state index contributed by atoms with van der Waals surface area (Å²) in [4.78, 5) is 24.1. The van der Waals surface area contributed by atoms with Gasteiger partial charge in [-0.25, -0.2) is 4.79 Å². The predicted octanol–water partition coefficient (Wildman–Crippen LogP) is 4.08. The van der Waals surface area contributed by atoms with Gasteiger partial charge in [-0.2, -0.15) is 0 Å². The van der Waals surface area contributed by atoms with Gasteiger partial charge in [0.25, 0.3) is 0 Å². The van der Waals surface area contributed by atoms with Gasteiger partial charge in [0, 0.05) is 0 Å². The SMILES string of the molecule is CC(=O)C(OC(=O)c1cc(C)c(C)cc1C)C(C)=C(C)C. The molecule has 0 fully saturated rings. The molecule has 0 amide bonds. The zero-order chi connectivity index (χ0) is 16.3. The van der Waals surface area contributed by atoms with E-state index in [1.165, 1.54) is 6.92 Å². The third-order valence-electron chi connectivity index (χ3n) is 3.84. The molecule has 3 heteroatoms. The first-order valence-electron chi connectivity index (χ1n) is 7.08. The van der Waals surface area contributed by atoms with Crippen LogP contribution in [0, 0.1) is 20.8 Å². The molecule has 0 saturated heterocycles. The summed E-state index contributed by atoms with van der Waals surface area (Å²) in [7, 11) is 0. The minimum atomic E-state index is -0.802. The minimum Gasteiger partial charge on any atom is -0.446 e. The summed E-state index contributed by atoms with van der Waals surface area (Å²) in [6.07, 6.45) is -0.802. The molecule has 1 aromatic rings. The molecule has 1 unspecified atom stereocenters. The van der Waals surface area contributed by atoms with Gasteiger partial charge in [0.2, 0.25) is 0 Å². The van der Waals surface area contributed by atoms with Crippen molar-refractivity contribution in [3.8, 4) is 0 Å². The van der Waals surface area contributed by atoms with Crippen LogP contribution in [0.3, 0.4) is 0 Å². The Morgan fingerprint density at radius 3 is 1.90 bits per heavy atom. The number of rotatable bonds is 4. The number of ether oxygens (including phenoxy) is 1. The first-order chi connectivity index (χ1) is 9.65. The van der Waals surface area contributed by atoms with Gasteiger partial charge in [-0.3, -0.25) is 4.79 Å². The Morgan fingerprint density at radius 2 is 1.43 bits per heavy atom. The van der Waals surface area contributed by atoms with E-state index in [9.17, 15) is 9.59 Å². The Kier molecular flexibility index (Phi) is 5.47. The van der Waals surface area contributed by atoms with Crippen LogP contribution in [0.15, 0.2) is 23.3 Å². The third-order valence-corrected chi connectivity index (χ3v) is 3.84. The van der Waals surface area contributed by atoms with Gasteiger partial charge < -0.3 is 4.74 Å². The number of hydrogen-bond donors (Lipinski definition) is 0. The van der Waals surface area contributed by atoms with Crippen LogP contribution in [0.1, 0.15) is 54.7 Å². The number of esters is 1. The number of hydrogen-bond acceptors (Lipinski definition) is 3. The zero-order valence-corrected chi connectivity index (χ0v) is 14.0. The molecule has 114 valence electrons. The molecular formula is C18H24O3. The lowest BCUT2D eigenvalue weighted by atomic mass is 10.0. The highest BCUT2D eigenvalue weighted by atomic mass is 16.5. The number of allylic oxidation sites excluding steroid dienone is 1. The number of carbonyl (C=O) groups excluding carboxylic acids is 2. The molecule has 0 aliphatic rings. The number of aryl methyl sites for hydroxylation is 3. The van der Waals surface area contributed by atoms with Gasteiger partial charge in [-0.15, -0.1) is 0 Å². The normalized spacial score (nSPS) is 11.8. The largest absolute Gasteiger partial charge is 0.446 e. The first kappa shape index (κ1) is 17.2. The summed E-state index contributed by atoms with van der Waals surface area (Å²) in [6, 6.07) is 3.78. The lowest BCUT2D eigenvalue weighted by molar-refractivity contribution is -0.123. The smallest absolute Gasteiger partial charge is 0.339 e. The third kappa shape index (κ3) is 4.03. The molecule has 0 N–H and O–H groups in total. The predicted molar refractivity (Wildman–Crippen MR) is 84.6 cm³/mol. The second kappa shape index (κ2) is 6.70. The fourth-order valence-corrected chi connectivity index (χ4v) is 2.09. The Bertz CT molecular complexity index is 605. The van der Waals surface area contributed by atoms with E-state index in [1.807, 2.05) is 53.7 Å². The molecule has 21 heavy (non-hydrogen) atoms. The first-order valence-corrected chi connectivity index (χ1v) is 7.08. The van der Waals surface area contributed by atoms with Crippen LogP contribution in [0.2, 0.25) is 0 Å². The van der Waals surface area contributed by atoms with E-state index in [4.69, 9.17) is 4.74 Å². The molecule has 0 spiro atoms. The van der Waals surface area contributed by atoms with Crippen molar-refractivity contribution in [1.82, 2.24) is 0 Å². The topological polar surface area (TPSA) is 43.4 Å². The molecule has 0 aliphatic carbocycles. The fourth-order valence-electron chi connectivity index (χ4n) is 2.09. The van der Waals surface area contributed by atoms with E-state index < -0.39 is 12.1 Å². The Hall–Kier alpha value is -1.90. The Balaban J connectivity index is 3.12. The number of benzene rings is 1. The maximum Gasteiger partial charge on any atom is 0.339 e. The Labute approximate surface area is 127 Å². The van der Waals surface area contributed by atoms with E-state index in [-0.39, 0.29) is 5.78 Å². The summed E-state index contributed by atoms with van der Waals surface area (Å²) in [6.45, 7) is 12.9. The Morgan fingerprint density at radius 1 is 0.905 bits per heavy atom. The van der Waals surface area contributed by atoms with Crippen LogP contribution in [0.4, 0.5) is 0 Å². The van der Waals surface area contributed by atoms with Gasteiger partial charge in [0.1, 0.15) is 0 Å². The molecule has 0 saturated carbocycles. The van der Waals surface area contributed by atoms with Crippen LogP contribution < -0.4 is 0 Å². The van der Waals surface area contributed by atoms with Crippen LogP contribution in [-0.2, 0) is 9.53 Å². The van der Waals surface area contributed by atoms with Gasteiger partial charge >= 0.3 is 5.97 Å². The average molecular weight is 288 g/mol. The van der Waals surface area contributed by atoms with Crippen molar-refractivity contribution in [2.45, 2.75) is 54.6 Å². The van der Waals surface area contributed by atoms with Gasteiger partial charge in [0.15, 0.2) is 11.9 Å². The average Bonchev–Trinajstić information content (AvgIpc) is 2.38. The second-order valence-corrected chi connectivity index (χ2v) is 5.83. The molecule has 0 aliphatic heterocycles. The van der Waals surface area contributed by atoms with Crippen molar-refractivity contribution in [2.75, 3.05) is 0 Å². The van der Waals surface area contributed by atoms with E-state index in [0.29, 0.717) is 5.56 Å². The van der Waals surface area contributed by atoms with Crippen molar-refractivity contribution >= 4 is 11.8 Å². The molecule has 1 rings (SSSR count). The standard InChI is InChI=1S/C18H24O3/c1-10(2)14(6)17(15(7)19)21-18(20)16-9-12(4)11(3)8-13(16)5/h8-9,17H,1-7H3. The number of ketones is 1. The van der Waals surface area contributed by atoms with Crippen LogP contribution in [-0.4, -0.2) is 17.9 Å². The quantitative estimate of drug-likeness (QED) is 0.619. The summed E-state index contributed by atoms with van der Waals surface area (Å²) in [5, 5.41) is 0. The van der Waals surface area contributed by atoms with Crippen LogP contribution >= 0.6 is 0 Å². The molecule has 0 bridgehead atoms. The summed E-state index contributed by atoms with van der Waals surface area (Å²) in [5.74, 6) is -0.611. The fraction of sp³-hybridized carbons (Fsp3) is 0.444. The van der Waals surface area contributed by atoms with Crippen molar-refractivity contribution in [3.05, 3.63) is 45.5 Å². The van der Waals surface area contributed by atoms with Crippen molar-refractivity contribution in [2.24, 2.45) is 0 Å². The van der Waals surface area contributed by atoms with Crippen molar-refractivity contribution < 1.29 is 14.3 Å². The summed E-state index contributed by atoms with van der Waals surface area (Å²) in [5.41, 5.74) is 5.32. The molecule has 0 heterocycles. The van der Waals surface area contributed by atoms with Crippen molar-refractivity contribution in [1.29, 1.82) is 0 Å². The van der Waals surface area contributed by atoms with E-state index in [1.54, 1.807) is 0 Å². The minimum absolute atomic E-state index is 0.163. The monoisotopic (exact) mass is 288 g/mol. The number of carbonyl (C=O) groups is 2. The van der Waals surface area contributed by atoms with Crippen molar-refractivity contribution in [3.63, 3.8) is 0 Å². The lowest BCUT2D eigenvalue weighted by Gasteiger charge is -2.18. The van der Waals surface area contributed by atoms with Gasteiger partial charge in [-0.1, -0.05) is 11.6 Å².